The highest BCUT2D eigenvalue weighted by atomic mass is 16.1. The second-order valence-electron chi connectivity index (χ2n) is 6.44. The molecule has 5 heteroatoms. The van der Waals surface area contributed by atoms with Crippen LogP contribution in [0.3, 0.4) is 0 Å². The lowest BCUT2D eigenvalue weighted by Gasteiger charge is -2.17. The summed E-state index contributed by atoms with van der Waals surface area (Å²) in [5, 5.41) is 3.95. The van der Waals surface area contributed by atoms with Crippen LogP contribution >= 0.6 is 0 Å². The van der Waals surface area contributed by atoms with Crippen LogP contribution in [0.1, 0.15) is 15.9 Å². The van der Waals surface area contributed by atoms with Crippen LogP contribution in [0.2, 0.25) is 0 Å². The minimum absolute atomic E-state index is 0.0113. The van der Waals surface area contributed by atoms with Gasteiger partial charge in [0.15, 0.2) is 0 Å². The van der Waals surface area contributed by atoms with Gasteiger partial charge in [0.05, 0.1) is 0 Å². The van der Waals surface area contributed by atoms with Crippen LogP contribution in [0.4, 0.5) is 0 Å². The number of carbonyl (C=O) groups is 1. The number of pyridine rings is 2. The molecule has 3 aromatic heterocycles. The first-order valence-corrected chi connectivity index (χ1v) is 8.58. The Morgan fingerprint density at radius 2 is 1.92 bits per heavy atom. The molecule has 2 N–H and O–H groups in total. The van der Waals surface area contributed by atoms with Gasteiger partial charge in [0.25, 0.3) is 5.91 Å². The predicted octanol–water partition coefficient (Wildman–Crippen LogP) is 3.58. The summed E-state index contributed by atoms with van der Waals surface area (Å²) in [4.78, 5) is 24.0. The first-order chi connectivity index (χ1) is 12.8. The molecule has 4 heterocycles. The van der Waals surface area contributed by atoms with Crippen LogP contribution < -0.4 is 5.32 Å². The van der Waals surface area contributed by atoms with Crippen LogP contribution in [-0.4, -0.2) is 27.4 Å². The van der Waals surface area contributed by atoms with Gasteiger partial charge in [0.1, 0.15) is 5.65 Å². The SMILES string of the molecule is O=C1NCCc2cc(-c3c[nH]c4ncc(-c5cccnc5)cc34)ccc21. The molecule has 1 aromatic carbocycles. The molecule has 5 rings (SSSR count). The smallest absolute Gasteiger partial charge is 0.251 e. The van der Waals surface area contributed by atoms with Gasteiger partial charge in [-0.3, -0.25) is 9.78 Å². The lowest BCUT2D eigenvalue weighted by molar-refractivity contribution is 0.0946. The number of hydrogen-bond acceptors (Lipinski definition) is 3. The zero-order valence-corrected chi connectivity index (χ0v) is 14.0. The summed E-state index contributed by atoms with van der Waals surface area (Å²) in [6.45, 7) is 0.690. The molecule has 1 aliphatic heterocycles. The zero-order valence-electron chi connectivity index (χ0n) is 14.0. The first-order valence-electron chi connectivity index (χ1n) is 8.58. The van der Waals surface area contributed by atoms with Crippen molar-refractivity contribution in [3.05, 3.63) is 72.3 Å². The Morgan fingerprint density at radius 3 is 2.81 bits per heavy atom. The summed E-state index contributed by atoms with van der Waals surface area (Å²) in [6.07, 6.45) is 8.30. The number of nitrogens with zero attached hydrogens (tertiary/aromatic N) is 2. The van der Waals surface area contributed by atoms with Gasteiger partial charge >= 0.3 is 0 Å². The van der Waals surface area contributed by atoms with Crippen molar-refractivity contribution in [3.63, 3.8) is 0 Å². The van der Waals surface area contributed by atoms with E-state index in [0.29, 0.717) is 6.54 Å². The van der Waals surface area contributed by atoms with E-state index in [0.717, 1.165) is 50.8 Å². The second-order valence-corrected chi connectivity index (χ2v) is 6.44. The molecule has 0 atom stereocenters. The minimum atomic E-state index is 0.0113. The van der Waals surface area contributed by atoms with Gasteiger partial charge in [-0.05, 0) is 35.7 Å². The Morgan fingerprint density at radius 1 is 0.962 bits per heavy atom. The fourth-order valence-corrected chi connectivity index (χ4v) is 3.53. The number of fused-ring (bicyclic) bond motifs is 2. The van der Waals surface area contributed by atoms with Crippen molar-refractivity contribution in [2.45, 2.75) is 6.42 Å². The van der Waals surface area contributed by atoms with Gasteiger partial charge in [-0.1, -0.05) is 18.2 Å². The van der Waals surface area contributed by atoms with E-state index in [1.165, 1.54) is 0 Å². The second kappa shape index (κ2) is 5.81. The highest BCUT2D eigenvalue weighted by Crippen LogP contribution is 2.32. The van der Waals surface area contributed by atoms with Crippen LogP contribution in [0.25, 0.3) is 33.3 Å². The predicted molar refractivity (Wildman–Crippen MR) is 101 cm³/mol. The molecule has 0 unspecified atom stereocenters. The highest BCUT2D eigenvalue weighted by molar-refractivity contribution is 5.99. The number of hydrogen-bond donors (Lipinski definition) is 2. The molecular formula is C21H16N4O. The third kappa shape index (κ3) is 2.37. The Hall–Kier alpha value is -3.47. The van der Waals surface area contributed by atoms with E-state index in [-0.39, 0.29) is 5.91 Å². The number of H-pyrrole nitrogens is 1. The normalized spacial score (nSPS) is 13.5. The lowest BCUT2D eigenvalue weighted by atomic mass is 9.94. The van der Waals surface area contributed by atoms with E-state index >= 15 is 0 Å². The number of carbonyl (C=O) groups excluding carboxylic acids is 1. The molecule has 26 heavy (non-hydrogen) atoms. The van der Waals surface area contributed by atoms with Gasteiger partial charge in [0.2, 0.25) is 0 Å². The number of aromatic amines is 1. The number of rotatable bonds is 2. The molecule has 1 aliphatic rings. The molecule has 126 valence electrons. The summed E-state index contributed by atoms with van der Waals surface area (Å²) < 4.78 is 0. The molecule has 4 aromatic rings. The zero-order chi connectivity index (χ0) is 17.5. The fraction of sp³-hybridized carbons (Fsp3) is 0.0952. The topological polar surface area (TPSA) is 70.7 Å². The minimum Gasteiger partial charge on any atom is -0.352 e. The van der Waals surface area contributed by atoms with Gasteiger partial charge < -0.3 is 10.3 Å². The van der Waals surface area contributed by atoms with E-state index < -0.39 is 0 Å². The van der Waals surface area contributed by atoms with Crippen LogP contribution in [-0.2, 0) is 6.42 Å². The van der Waals surface area contributed by atoms with E-state index in [4.69, 9.17) is 0 Å². The molecular weight excluding hydrogens is 324 g/mol. The Labute approximate surface area is 150 Å². The first kappa shape index (κ1) is 14.8. The van der Waals surface area contributed by atoms with Crippen molar-refractivity contribution in [2.24, 2.45) is 0 Å². The molecule has 5 nitrogen and oxygen atoms in total. The summed E-state index contributed by atoms with van der Waals surface area (Å²) in [5.41, 5.74) is 6.97. The fourth-order valence-electron chi connectivity index (χ4n) is 3.53. The van der Waals surface area contributed by atoms with Crippen LogP contribution in [0.15, 0.2) is 61.2 Å². The Kier molecular flexibility index (Phi) is 3.31. The van der Waals surface area contributed by atoms with Crippen molar-refractivity contribution in [2.75, 3.05) is 6.54 Å². The third-order valence-electron chi connectivity index (χ3n) is 4.87. The number of nitrogens with one attached hydrogen (secondary N) is 2. The summed E-state index contributed by atoms with van der Waals surface area (Å²) in [7, 11) is 0. The van der Waals surface area contributed by atoms with Crippen molar-refractivity contribution in [3.8, 4) is 22.3 Å². The van der Waals surface area contributed by atoms with Crippen molar-refractivity contribution in [1.82, 2.24) is 20.3 Å². The highest BCUT2D eigenvalue weighted by Gasteiger charge is 2.18. The van der Waals surface area contributed by atoms with E-state index in [9.17, 15) is 4.79 Å². The van der Waals surface area contributed by atoms with E-state index in [1.54, 1.807) is 6.20 Å². The lowest BCUT2D eigenvalue weighted by Crippen LogP contribution is -2.31. The quantitative estimate of drug-likeness (QED) is 0.586. The molecule has 1 amide bonds. The Balaban J connectivity index is 1.64. The molecule has 0 radical (unpaired) electrons. The van der Waals surface area contributed by atoms with E-state index in [1.807, 2.05) is 42.9 Å². The summed E-state index contributed by atoms with van der Waals surface area (Å²) >= 11 is 0. The molecule has 0 fully saturated rings. The van der Waals surface area contributed by atoms with Crippen molar-refractivity contribution in [1.29, 1.82) is 0 Å². The van der Waals surface area contributed by atoms with Crippen molar-refractivity contribution < 1.29 is 4.79 Å². The number of amides is 1. The van der Waals surface area contributed by atoms with Gasteiger partial charge in [-0.2, -0.15) is 0 Å². The maximum absolute atomic E-state index is 12.0. The largest absolute Gasteiger partial charge is 0.352 e. The molecule has 0 saturated carbocycles. The molecule has 0 bridgehead atoms. The van der Waals surface area contributed by atoms with Crippen molar-refractivity contribution >= 4 is 16.9 Å². The summed E-state index contributed by atoms with van der Waals surface area (Å²) in [5.74, 6) is 0.0113. The average Bonchev–Trinajstić information content (AvgIpc) is 3.12. The maximum Gasteiger partial charge on any atom is 0.251 e. The standard InChI is InChI=1S/C21H16N4O/c26-21-17-4-3-13(8-14(17)5-7-23-21)19-12-25-20-18(19)9-16(11-24-20)15-2-1-6-22-10-15/h1-4,6,8-12H,5,7H2,(H,23,26)(H,24,25). The van der Waals surface area contributed by atoms with Crippen LogP contribution in [0, 0.1) is 0 Å². The molecule has 0 spiro atoms. The monoisotopic (exact) mass is 340 g/mol. The van der Waals surface area contributed by atoms with Gasteiger partial charge in [0, 0.05) is 59.0 Å². The van der Waals surface area contributed by atoms with Crippen LogP contribution in [0.5, 0.6) is 0 Å². The van der Waals surface area contributed by atoms with E-state index in [2.05, 4.69) is 32.4 Å². The maximum atomic E-state index is 12.0. The number of aromatic nitrogens is 3. The summed E-state index contributed by atoms with van der Waals surface area (Å²) in [6, 6.07) is 12.1. The average molecular weight is 340 g/mol. The van der Waals surface area contributed by atoms with Gasteiger partial charge in [-0.25, -0.2) is 4.98 Å². The number of benzene rings is 1. The third-order valence-corrected chi connectivity index (χ3v) is 4.87. The Bertz CT molecular complexity index is 1130. The molecule has 0 saturated heterocycles. The molecule has 0 aliphatic carbocycles. The van der Waals surface area contributed by atoms with Gasteiger partial charge in [-0.15, -0.1) is 0 Å².